The van der Waals surface area contributed by atoms with E-state index in [1.54, 1.807) is 29.9 Å². The van der Waals surface area contributed by atoms with Crippen LogP contribution in [0.4, 0.5) is 14.5 Å². The average Bonchev–Trinajstić information content (AvgIpc) is 2.89. The first-order valence-electron chi connectivity index (χ1n) is 6.46. The summed E-state index contributed by atoms with van der Waals surface area (Å²) in [7, 11) is 1.66. The van der Waals surface area contributed by atoms with E-state index in [-0.39, 0.29) is 11.4 Å². The molecular formula is C15H14F2N2O3. The quantitative estimate of drug-likeness (QED) is 0.883. The Kier molecular flexibility index (Phi) is 4.55. The Morgan fingerprint density at radius 1 is 1.27 bits per heavy atom. The highest BCUT2D eigenvalue weighted by Crippen LogP contribution is 2.16. The number of nitrogens with zero attached hydrogens (tertiary/aromatic N) is 1. The first-order valence-corrected chi connectivity index (χ1v) is 6.46. The molecule has 0 radical (unpaired) electrons. The summed E-state index contributed by atoms with van der Waals surface area (Å²) >= 11 is 0. The molecule has 22 heavy (non-hydrogen) atoms. The van der Waals surface area contributed by atoms with E-state index < -0.39 is 29.6 Å². The van der Waals surface area contributed by atoms with E-state index in [2.05, 4.69) is 5.32 Å². The van der Waals surface area contributed by atoms with Crippen molar-refractivity contribution in [2.75, 3.05) is 5.32 Å². The number of benzene rings is 1. The van der Waals surface area contributed by atoms with Gasteiger partial charge < -0.3 is 14.6 Å². The van der Waals surface area contributed by atoms with Crippen molar-refractivity contribution in [2.24, 2.45) is 7.05 Å². The van der Waals surface area contributed by atoms with Crippen molar-refractivity contribution >= 4 is 17.6 Å². The van der Waals surface area contributed by atoms with Crippen molar-refractivity contribution in [1.29, 1.82) is 0 Å². The molecule has 1 aromatic carbocycles. The van der Waals surface area contributed by atoms with Crippen LogP contribution in [-0.2, 0) is 16.6 Å². The van der Waals surface area contributed by atoms with Crippen LogP contribution in [0.2, 0.25) is 0 Å². The number of esters is 1. The van der Waals surface area contributed by atoms with E-state index in [4.69, 9.17) is 4.74 Å². The van der Waals surface area contributed by atoms with Gasteiger partial charge in [-0.2, -0.15) is 0 Å². The summed E-state index contributed by atoms with van der Waals surface area (Å²) < 4.78 is 33.0. The molecule has 116 valence electrons. The first kappa shape index (κ1) is 15.7. The molecule has 1 heterocycles. The maximum atomic E-state index is 13.4. The summed E-state index contributed by atoms with van der Waals surface area (Å²) in [5.41, 5.74) is -0.0386. The molecule has 7 heteroatoms. The lowest BCUT2D eigenvalue weighted by molar-refractivity contribution is -0.123. The number of hydrogen-bond donors (Lipinski definition) is 1. The second-order valence-corrected chi connectivity index (χ2v) is 4.67. The van der Waals surface area contributed by atoms with Crippen LogP contribution in [0, 0.1) is 11.6 Å². The molecule has 0 aliphatic carbocycles. The van der Waals surface area contributed by atoms with Gasteiger partial charge in [0.15, 0.2) is 6.10 Å². The average molecular weight is 308 g/mol. The minimum absolute atomic E-state index is 0.275. The zero-order valence-electron chi connectivity index (χ0n) is 12.0. The van der Waals surface area contributed by atoms with E-state index in [9.17, 15) is 18.4 Å². The Morgan fingerprint density at radius 3 is 2.64 bits per heavy atom. The molecule has 0 aliphatic heterocycles. The topological polar surface area (TPSA) is 60.3 Å². The standard InChI is InChI=1S/C15H14F2N2O3/c1-9(22-15(21)13-4-3-7-19(13)2)14(20)18-12-8-10(16)5-6-11(12)17/h3-9H,1-2H3,(H,18,20)/t9-/m1/s1. The summed E-state index contributed by atoms with van der Waals surface area (Å²) in [5.74, 6) is -2.91. The van der Waals surface area contributed by atoms with Gasteiger partial charge >= 0.3 is 5.97 Å². The second-order valence-electron chi connectivity index (χ2n) is 4.67. The molecular weight excluding hydrogens is 294 g/mol. The minimum Gasteiger partial charge on any atom is -0.448 e. The number of carbonyl (C=O) groups is 2. The van der Waals surface area contributed by atoms with Gasteiger partial charge in [0.1, 0.15) is 17.3 Å². The molecule has 0 aliphatic rings. The van der Waals surface area contributed by atoms with Gasteiger partial charge in [-0.15, -0.1) is 0 Å². The van der Waals surface area contributed by atoms with E-state index >= 15 is 0 Å². The summed E-state index contributed by atoms with van der Waals surface area (Å²) in [6.45, 7) is 1.34. The highest BCUT2D eigenvalue weighted by atomic mass is 19.1. The van der Waals surface area contributed by atoms with Gasteiger partial charge in [-0.3, -0.25) is 4.79 Å². The normalized spacial score (nSPS) is 11.8. The van der Waals surface area contributed by atoms with Crippen molar-refractivity contribution in [3.8, 4) is 0 Å². The lowest BCUT2D eigenvalue weighted by atomic mass is 10.2. The van der Waals surface area contributed by atoms with Crippen LogP contribution in [0.1, 0.15) is 17.4 Å². The lowest BCUT2D eigenvalue weighted by Crippen LogP contribution is -2.30. The summed E-state index contributed by atoms with van der Waals surface area (Å²) in [6, 6.07) is 5.87. The van der Waals surface area contributed by atoms with Gasteiger partial charge in [0.05, 0.1) is 5.69 Å². The molecule has 2 rings (SSSR count). The largest absolute Gasteiger partial charge is 0.448 e. The molecule has 1 atom stereocenters. The molecule has 0 bridgehead atoms. The fourth-order valence-electron chi connectivity index (χ4n) is 1.78. The molecule has 0 unspecified atom stereocenters. The van der Waals surface area contributed by atoms with Crippen molar-refractivity contribution in [1.82, 2.24) is 4.57 Å². The summed E-state index contributed by atoms with van der Waals surface area (Å²) in [6.07, 6.45) is 0.494. The number of aromatic nitrogens is 1. The Bertz CT molecular complexity index is 713. The number of hydrogen-bond acceptors (Lipinski definition) is 3. The Hall–Kier alpha value is -2.70. The fourth-order valence-corrected chi connectivity index (χ4v) is 1.78. The third kappa shape index (κ3) is 3.49. The molecule has 0 fully saturated rings. The summed E-state index contributed by atoms with van der Waals surface area (Å²) in [4.78, 5) is 23.7. The molecule has 1 aromatic heterocycles. The molecule has 1 amide bonds. The van der Waals surface area contributed by atoms with Crippen LogP contribution in [0.15, 0.2) is 36.5 Å². The number of rotatable bonds is 4. The second kappa shape index (κ2) is 6.38. The molecule has 2 aromatic rings. The molecule has 5 nitrogen and oxygen atoms in total. The Morgan fingerprint density at radius 2 is 2.00 bits per heavy atom. The molecule has 0 saturated carbocycles. The van der Waals surface area contributed by atoms with Crippen molar-refractivity contribution in [3.63, 3.8) is 0 Å². The van der Waals surface area contributed by atoms with Crippen LogP contribution in [0.25, 0.3) is 0 Å². The van der Waals surface area contributed by atoms with Crippen molar-refractivity contribution < 1.29 is 23.1 Å². The maximum Gasteiger partial charge on any atom is 0.355 e. The van der Waals surface area contributed by atoms with Gasteiger partial charge in [-0.1, -0.05) is 0 Å². The Balaban J connectivity index is 2.02. The smallest absolute Gasteiger partial charge is 0.355 e. The van der Waals surface area contributed by atoms with Gasteiger partial charge in [0.2, 0.25) is 0 Å². The SMILES string of the molecule is C[C@@H](OC(=O)c1cccn1C)C(=O)Nc1cc(F)ccc1F. The summed E-state index contributed by atoms with van der Waals surface area (Å²) in [5, 5.41) is 2.18. The fraction of sp³-hybridized carbons (Fsp3) is 0.200. The third-order valence-electron chi connectivity index (χ3n) is 2.99. The number of amides is 1. The maximum absolute atomic E-state index is 13.4. The van der Waals surface area contributed by atoms with Crippen LogP contribution >= 0.6 is 0 Å². The zero-order chi connectivity index (χ0) is 16.3. The number of carbonyl (C=O) groups excluding carboxylic acids is 2. The van der Waals surface area contributed by atoms with Gasteiger partial charge in [-0.05, 0) is 31.2 Å². The number of nitrogens with one attached hydrogen (secondary N) is 1. The van der Waals surface area contributed by atoms with E-state index in [1.807, 2.05) is 0 Å². The van der Waals surface area contributed by atoms with Crippen LogP contribution in [0.5, 0.6) is 0 Å². The van der Waals surface area contributed by atoms with E-state index in [0.717, 1.165) is 18.2 Å². The third-order valence-corrected chi connectivity index (χ3v) is 2.99. The highest BCUT2D eigenvalue weighted by Gasteiger charge is 2.21. The predicted molar refractivity (Wildman–Crippen MR) is 75.3 cm³/mol. The zero-order valence-corrected chi connectivity index (χ0v) is 12.0. The van der Waals surface area contributed by atoms with Crippen LogP contribution < -0.4 is 5.32 Å². The number of anilines is 1. The molecule has 0 spiro atoms. The van der Waals surface area contributed by atoms with Gasteiger partial charge in [0.25, 0.3) is 5.91 Å². The van der Waals surface area contributed by atoms with Crippen LogP contribution in [0.3, 0.4) is 0 Å². The number of halogens is 2. The minimum atomic E-state index is -1.16. The van der Waals surface area contributed by atoms with Crippen LogP contribution in [-0.4, -0.2) is 22.5 Å². The predicted octanol–water partition coefficient (Wildman–Crippen LogP) is 2.49. The number of ether oxygens (including phenoxy) is 1. The van der Waals surface area contributed by atoms with Gasteiger partial charge in [-0.25, -0.2) is 13.6 Å². The first-order chi connectivity index (χ1) is 10.4. The molecule has 0 saturated heterocycles. The van der Waals surface area contributed by atoms with E-state index in [0.29, 0.717) is 0 Å². The monoisotopic (exact) mass is 308 g/mol. The lowest BCUT2D eigenvalue weighted by Gasteiger charge is -2.14. The van der Waals surface area contributed by atoms with Gasteiger partial charge in [0, 0.05) is 19.3 Å². The number of aryl methyl sites for hydroxylation is 1. The highest BCUT2D eigenvalue weighted by molar-refractivity contribution is 5.97. The molecule has 1 N–H and O–H groups in total. The van der Waals surface area contributed by atoms with Crippen molar-refractivity contribution in [2.45, 2.75) is 13.0 Å². The van der Waals surface area contributed by atoms with Crippen molar-refractivity contribution in [3.05, 3.63) is 53.9 Å². The Labute approximate surface area is 125 Å². The van der Waals surface area contributed by atoms with E-state index in [1.165, 1.54) is 6.92 Å².